The Bertz CT molecular complexity index is 942. The van der Waals surface area contributed by atoms with E-state index in [0.717, 1.165) is 37.4 Å². The van der Waals surface area contributed by atoms with Crippen LogP contribution in [0.4, 0.5) is 17.6 Å². The molecule has 0 aliphatic carbocycles. The fourth-order valence-electron chi connectivity index (χ4n) is 3.34. The van der Waals surface area contributed by atoms with Gasteiger partial charge in [0.2, 0.25) is 10.0 Å². The van der Waals surface area contributed by atoms with Gasteiger partial charge in [0, 0.05) is 26.2 Å². The third-order valence-electron chi connectivity index (χ3n) is 5.08. The first kappa shape index (κ1) is 23.6. The molecule has 1 saturated heterocycles. The molecule has 0 bridgehead atoms. The molecule has 3 rings (SSSR count). The lowest BCUT2D eigenvalue weighted by atomic mass is 10.1. The summed E-state index contributed by atoms with van der Waals surface area (Å²) in [6.07, 6.45) is -3.92. The minimum absolute atomic E-state index is 0.0628. The molecule has 1 aliphatic rings. The monoisotopic (exact) mass is 460 g/mol. The second-order valence-corrected chi connectivity index (χ2v) is 9.23. The number of ether oxygens (including phenoxy) is 1. The zero-order valence-corrected chi connectivity index (χ0v) is 17.6. The second-order valence-electron chi connectivity index (χ2n) is 7.29. The van der Waals surface area contributed by atoms with Crippen molar-refractivity contribution < 1.29 is 30.7 Å². The maximum Gasteiger partial charge on any atom is 0.416 e. The van der Waals surface area contributed by atoms with Crippen LogP contribution in [0.2, 0.25) is 0 Å². The number of hydrogen-bond acceptors (Lipinski definition) is 4. The molecule has 0 aromatic heterocycles. The predicted molar refractivity (Wildman–Crippen MR) is 107 cm³/mol. The van der Waals surface area contributed by atoms with Crippen molar-refractivity contribution in [3.8, 4) is 0 Å². The highest BCUT2D eigenvalue weighted by molar-refractivity contribution is 7.89. The molecule has 0 atom stereocenters. The Morgan fingerprint density at radius 3 is 2.16 bits per heavy atom. The van der Waals surface area contributed by atoms with Gasteiger partial charge < -0.3 is 4.74 Å². The molecule has 170 valence electrons. The van der Waals surface area contributed by atoms with Crippen LogP contribution in [0, 0.1) is 5.82 Å². The number of hydrogen-bond donors (Lipinski definition) is 0. The predicted octanol–water partition coefficient (Wildman–Crippen LogP) is 3.76. The Morgan fingerprint density at radius 1 is 0.968 bits per heavy atom. The summed E-state index contributed by atoms with van der Waals surface area (Å²) in [6, 6.07) is 8.93. The molecule has 1 fully saturated rings. The number of halogens is 4. The second kappa shape index (κ2) is 10.1. The van der Waals surface area contributed by atoms with Gasteiger partial charge in [-0.05, 0) is 54.9 Å². The molecule has 2 aromatic carbocycles. The third kappa shape index (κ3) is 6.49. The number of benzene rings is 2. The Kier molecular flexibility index (Phi) is 7.68. The topological polar surface area (TPSA) is 49.9 Å². The first-order valence-electron chi connectivity index (χ1n) is 9.88. The SMILES string of the molecule is O=S(=O)(c1ccc(F)cc1)N(CCCN1CCOCC1)Cc1ccc(C(F)(F)F)cc1. The van der Waals surface area contributed by atoms with Crippen molar-refractivity contribution in [3.05, 3.63) is 65.5 Å². The molecule has 10 heteroatoms. The molecule has 0 saturated carbocycles. The van der Waals surface area contributed by atoms with E-state index in [9.17, 15) is 26.0 Å². The highest BCUT2D eigenvalue weighted by Gasteiger charge is 2.30. The Morgan fingerprint density at radius 2 is 1.58 bits per heavy atom. The molecule has 1 heterocycles. The maximum atomic E-state index is 13.2. The minimum Gasteiger partial charge on any atom is -0.379 e. The summed E-state index contributed by atoms with van der Waals surface area (Å²) < 4.78 is 84.5. The molecule has 0 unspecified atom stereocenters. The van der Waals surface area contributed by atoms with Gasteiger partial charge >= 0.3 is 6.18 Å². The van der Waals surface area contributed by atoms with Gasteiger partial charge in [-0.2, -0.15) is 17.5 Å². The van der Waals surface area contributed by atoms with E-state index in [1.165, 1.54) is 28.6 Å². The van der Waals surface area contributed by atoms with Crippen LogP contribution in [-0.4, -0.2) is 57.0 Å². The molecular formula is C21H24F4N2O3S. The van der Waals surface area contributed by atoms with Gasteiger partial charge in [0.1, 0.15) is 5.82 Å². The molecular weight excluding hydrogens is 436 g/mol. The van der Waals surface area contributed by atoms with Crippen molar-refractivity contribution in [3.63, 3.8) is 0 Å². The number of sulfonamides is 1. The van der Waals surface area contributed by atoms with Crippen molar-refractivity contribution >= 4 is 10.0 Å². The zero-order chi connectivity index (χ0) is 22.5. The number of morpholine rings is 1. The molecule has 2 aromatic rings. The average Bonchev–Trinajstić information content (AvgIpc) is 2.74. The average molecular weight is 460 g/mol. The van der Waals surface area contributed by atoms with E-state index in [1.807, 2.05) is 0 Å². The zero-order valence-electron chi connectivity index (χ0n) is 16.8. The summed E-state index contributed by atoms with van der Waals surface area (Å²) in [4.78, 5) is 2.11. The standard InChI is InChI=1S/C21H24F4N2O3S/c22-19-6-8-20(9-7-19)31(28,29)27(11-1-10-26-12-14-30-15-13-26)16-17-2-4-18(5-3-17)21(23,24)25/h2-9H,1,10-16H2. The summed E-state index contributed by atoms with van der Waals surface area (Å²) in [5.41, 5.74) is -0.360. The van der Waals surface area contributed by atoms with Gasteiger partial charge in [-0.15, -0.1) is 0 Å². The number of nitrogens with zero attached hydrogens (tertiary/aromatic N) is 2. The van der Waals surface area contributed by atoms with E-state index < -0.39 is 27.6 Å². The lowest BCUT2D eigenvalue weighted by Gasteiger charge is -2.28. The van der Waals surface area contributed by atoms with Crippen LogP contribution in [0.5, 0.6) is 0 Å². The van der Waals surface area contributed by atoms with E-state index in [-0.39, 0.29) is 18.0 Å². The summed E-state index contributed by atoms with van der Waals surface area (Å²) >= 11 is 0. The largest absolute Gasteiger partial charge is 0.416 e. The van der Waals surface area contributed by atoms with E-state index >= 15 is 0 Å². The highest BCUT2D eigenvalue weighted by atomic mass is 32.2. The lowest BCUT2D eigenvalue weighted by Crippen LogP contribution is -2.39. The van der Waals surface area contributed by atoms with E-state index in [0.29, 0.717) is 31.7 Å². The summed E-state index contributed by atoms with van der Waals surface area (Å²) in [5, 5.41) is 0. The molecule has 0 amide bonds. The van der Waals surface area contributed by atoms with Gasteiger partial charge in [0.15, 0.2) is 0 Å². The van der Waals surface area contributed by atoms with Gasteiger partial charge in [-0.3, -0.25) is 4.90 Å². The molecule has 1 aliphatic heterocycles. The van der Waals surface area contributed by atoms with Crippen LogP contribution in [0.3, 0.4) is 0 Å². The van der Waals surface area contributed by atoms with Crippen LogP contribution in [0.15, 0.2) is 53.4 Å². The number of alkyl halides is 3. The van der Waals surface area contributed by atoms with Gasteiger partial charge in [-0.1, -0.05) is 12.1 Å². The molecule has 31 heavy (non-hydrogen) atoms. The van der Waals surface area contributed by atoms with Gasteiger partial charge in [-0.25, -0.2) is 12.8 Å². The van der Waals surface area contributed by atoms with Crippen molar-refractivity contribution in [2.24, 2.45) is 0 Å². The van der Waals surface area contributed by atoms with Crippen molar-refractivity contribution in [2.45, 2.75) is 24.0 Å². The van der Waals surface area contributed by atoms with Crippen LogP contribution in [0.25, 0.3) is 0 Å². The molecule has 0 N–H and O–H groups in total. The summed E-state index contributed by atoms with van der Waals surface area (Å²) in [6.45, 7) is 3.56. The molecule has 0 radical (unpaired) electrons. The molecule has 0 spiro atoms. The van der Waals surface area contributed by atoms with Gasteiger partial charge in [0.05, 0.1) is 23.7 Å². The van der Waals surface area contributed by atoms with Crippen LogP contribution in [0.1, 0.15) is 17.5 Å². The van der Waals surface area contributed by atoms with Crippen molar-refractivity contribution in [1.29, 1.82) is 0 Å². The Labute approximate surface area is 179 Å². The van der Waals surface area contributed by atoms with Crippen molar-refractivity contribution in [2.75, 3.05) is 39.4 Å². The summed E-state index contributed by atoms with van der Waals surface area (Å²) in [5.74, 6) is -0.555. The van der Waals surface area contributed by atoms with Crippen molar-refractivity contribution in [1.82, 2.24) is 9.21 Å². The first-order chi connectivity index (χ1) is 14.7. The van der Waals surface area contributed by atoms with Gasteiger partial charge in [0.25, 0.3) is 0 Å². The molecule has 5 nitrogen and oxygen atoms in total. The Balaban J connectivity index is 1.76. The quantitative estimate of drug-likeness (QED) is 0.563. The maximum absolute atomic E-state index is 13.2. The fourth-order valence-corrected chi connectivity index (χ4v) is 4.80. The normalized spacial score (nSPS) is 16.0. The van der Waals surface area contributed by atoms with E-state index in [4.69, 9.17) is 4.74 Å². The van der Waals surface area contributed by atoms with E-state index in [1.54, 1.807) is 0 Å². The van der Waals surface area contributed by atoms with E-state index in [2.05, 4.69) is 4.90 Å². The lowest BCUT2D eigenvalue weighted by molar-refractivity contribution is -0.137. The van der Waals surface area contributed by atoms with Crippen LogP contribution in [-0.2, 0) is 27.5 Å². The van der Waals surface area contributed by atoms with Crippen LogP contribution < -0.4 is 0 Å². The fraction of sp³-hybridized carbons (Fsp3) is 0.429. The minimum atomic E-state index is -4.46. The summed E-state index contributed by atoms with van der Waals surface area (Å²) in [7, 11) is -3.96. The smallest absolute Gasteiger partial charge is 0.379 e. The highest BCUT2D eigenvalue weighted by Crippen LogP contribution is 2.29. The Hall–Kier alpha value is -2.01. The number of rotatable bonds is 8. The first-order valence-corrected chi connectivity index (χ1v) is 11.3. The van der Waals surface area contributed by atoms with Crippen LogP contribution >= 0.6 is 0 Å². The third-order valence-corrected chi connectivity index (χ3v) is 6.94.